The zero-order valence-electron chi connectivity index (χ0n) is 10.3. The number of hydrogen-bond donors (Lipinski definition) is 0. The molecule has 0 saturated heterocycles. The van der Waals surface area contributed by atoms with Gasteiger partial charge in [-0.05, 0) is 37.4 Å². The first kappa shape index (κ1) is 11.4. The highest BCUT2D eigenvalue weighted by molar-refractivity contribution is 7.10. The molecule has 0 radical (unpaired) electrons. The monoisotopic (exact) mass is 258 g/mol. The van der Waals surface area contributed by atoms with Crippen LogP contribution in [0.3, 0.4) is 0 Å². The maximum atomic E-state index is 6.13. The lowest BCUT2D eigenvalue weighted by Gasteiger charge is -2.25. The first-order valence-corrected chi connectivity index (χ1v) is 6.74. The lowest BCUT2D eigenvalue weighted by molar-refractivity contribution is 0.113. The Morgan fingerprint density at radius 1 is 1.11 bits per heavy atom. The molecule has 0 atom stereocenters. The van der Waals surface area contributed by atoms with E-state index < -0.39 is 0 Å². The van der Waals surface area contributed by atoms with Crippen LogP contribution in [0, 0.1) is 0 Å². The van der Waals surface area contributed by atoms with Crippen LogP contribution in [0.25, 0.3) is 11.0 Å². The Morgan fingerprint density at radius 2 is 2.00 bits per heavy atom. The van der Waals surface area contributed by atoms with Crippen LogP contribution in [0.5, 0.6) is 5.75 Å². The minimum Gasteiger partial charge on any atom is -0.478 e. The van der Waals surface area contributed by atoms with Crippen LogP contribution >= 0.6 is 11.3 Å². The van der Waals surface area contributed by atoms with Crippen LogP contribution in [0.2, 0.25) is 0 Å². The minimum atomic E-state index is -0.352. The summed E-state index contributed by atoms with van der Waals surface area (Å²) in [5.74, 6) is 0.788. The van der Waals surface area contributed by atoms with E-state index in [0.717, 1.165) is 16.7 Å². The number of rotatable bonds is 3. The highest BCUT2D eigenvalue weighted by Crippen LogP contribution is 2.34. The Hall–Kier alpha value is -1.74. The average molecular weight is 258 g/mol. The van der Waals surface area contributed by atoms with Crippen molar-refractivity contribution in [2.24, 2.45) is 0 Å². The first-order valence-electron chi connectivity index (χ1n) is 5.86. The van der Waals surface area contributed by atoms with E-state index in [-0.39, 0.29) is 5.60 Å². The summed E-state index contributed by atoms with van der Waals surface area (Å²) in [7, 11) is 0. The summed E-state index contributed by atoms with van der Waals surface area (Å²) in [6.45, 7) is 4.14. The third-order valence-corrected chi connectivity index (χ3v) is 4.10. The molecule has 0 unspecified atom stereocenters. The highest BCUT2D eigenvalue weighted by Gasteiger charge is 2.25. The van der Waals surface area contributed by atoms with E-state index in [0.29, 0.717) is 0 Å². The second-order valence-corrected chi connectivity index (χ2v) is 5.63. The van der Waals surface area contributed by atoms with Crippen LogP contribution in [0.4, 0.5) is 0 Å². The van der Waals surface area contributed by atoms with E-state index in [9.17, 15) is 0 Å². The SMILES string of the molecule is CC(C)(Oc1cccc2ccoc12)c1cccs1. The van der Waals surface area contributed by atoms with Gasteiger partial charge in [-0.15, -0.1) is 11.3 Å². The summed E-state index contributed by atoms with van der Waals surface area (Å²) < 4.78 is 11.6. The zero-order valence-corrected chi connectivity index (χ0v) is 11.2. The van der Waals surface area contributed by atoms with E-state index in [4.69, 9.17) is 9.15 Å². The summed E-state index contributed by atoms with van der Waals surface area (Å²) in [5, 5.41) is 3.13. The molecule has 18 heavy (non-hydrogen) atoms. The largest absolute Gasteiger partial charge is 0.478 e. The van der Waals surface area contributed by atoms with Gasteiger partial charge in [-0.2, -0.15) is 0 Å². The van der Waals surface area contributed by atoms with Crippen molar-refractivity contribution in [3.8, 4) is 5.75 Å². The topological polar surface area (TPSA) is 22.4 Å². The fraction of sp³-hybridized carbons (Fsp3) is 0.200. The number of hydrogen-bond acceptors (Lipinski definition) is 3. The lowest BCUT2D eigenvalue weighted by atomic mass is 10.1. The molecule has 0 aliphatic heterocycles. The summed E-state index contributed by atoms with van der Waals surface area (Å²) >= 11 is 1.70. The third-order valence-electron chi connectivity index (χ3n) is 2.92. The van der Waals surface area contributed by atoms with Gasteiger partial charge in [0, 0.05) is 10.3 Å². The van der Waals surface area contributed by atoms with Crippen molar-refractivity contribution in [3.63, 3.8) is 0 Å². The van der Waals surface area contributed by atoms with Crippen molar-refractivity contribution in [1.82, 2.24) is 0 Å². The highest BCUT2D eigenvalue weighted by atomic mass is 32.1. The van der Waals surface area contributed by atoms with Crippen LogP contribution in [0.1, 0.15) is 18.7 Å². The Balaban J connectivity index is 1.99. The van der Waals surface area contributed by atoms with Crippen LogP contribution in [-0.4, -0.2) is 0 Å². The average Bonchev–Trinajstić information content (AvgIpc) is 3.00. The van der Waals surface area contributed by atoms with Crippen LogP contribution < -0.4 is 4.74 Å². The first-order chi connectivity index (χ1) is 8.67. The fourth-order valence-electron chi connectivity index (χ4n) is 1.99. The molecule has 92 valence electrons. The maximum Gasteiger partial charge on any atom is 0.175 e. The third kappa shape index (κ3) is 1.91. The van der Waals surface area contributed by atoms with E-state index in [1.807, 2.05) is 30.3 Å². The van der Waals surface area contributed by atoms with E-state index in [1.54, 1.807) is 17.6 Å². The van der Waals surface area contributed by atoms with Gasteiger partial charge in [-0.25, -0.2) is 0 Å². The van der Waals surface area contributed by atoms with Gasteiger partial charge >= 0.3 is 0 Å². The molecule has 1 aromatic carbocycles. The normalized spacial score (nSPS) is 11.9. The molecule has 0 bridgehead atoms. The van der Waals surface area contributed by atoms with Gasteiger partial charge in [0.25, 0.3) is 0 Å². The summed E-state index contributed by atoms with van der Waals surface area (Å²) in [4.78, 5) is 1.20. The predicted molar refractivity (Wildman–Crippen MR) is 74.2 cm³/mol. The van der Waals surface area contributed by atoms with Gasteiger partial charge in [0.05, 0.1) is 6.26 Å². The summed E-state index contributed by atoms with van der Waals surface area (Å²) in [5.41, 5.74) is 0.456. The zero-order chi connectivity index (χ0) is 12.6. The van der Waals surface area contributed by atoms with Crippen molar-refractivity contribution in [2.45, 2.75) is 19.4 Å². The standard InChI is InChI=1S/C15H14O2S/c1-15(2,13-7-4-10-18-13)17-12-6-3-5-11-8-9-16-14(11)12/h3-10H,1-2H3. The van der Waals surface area contributed by atoms with E-state index >= 15 is 0 Å². The van der Waals surface area contributed by atoms with E-state index in [2.05, 4.69) is 25.3 Å². The summed E-state index contributed by atoms with van der Waals surface area (Å²) in [6.07, 6.45) is 1.69. The smallest absolute Gasteiger partial charge is 0.175 e. The van der Waals surface area contributed by atoms with Crippen molar-refractivity contribution < 1.29 is 9.15 Å². The van der Waals surface area contributed by atoms with Crippen molar-refractivity contribution in [1.29, 1.82) is 0 Å². The van der Waals surface area contributed by atoms with Crippen molar-refractivity contribution >= 4 is 22.3 Å². The fourth-order valence-corrected chi connectivity index (χ4v) is 2.78. The molecular formula is C15H14O2S. The number of fused-ring (bicyclic) bond motifs is 1. The molecule has 0 saturated carbocycles. The molecule has 2 heterocycles. The molecule has 3 aromatic rings. The number of benzene rings is 1. The second kappa shape index (κ2) is 4.18. The van der Waals surface area contributed by atoms with E-state index in [1.165, 1.54) is 4.88 Å². The molecule has 3 rings (SSSR count). The molecule has 0 aliphatic carbocycles. The summed E-state index contributed by atoms with van der Waals surface area (Å²) in [6, 6.07) is 12.0. The molecule has 0 fully saturated rings. The number of thiophene rings is 1. The Labute approximate surface area is 110 Å². The van der Waals surface area contributed by atoms with Crippen LogP contribution in [0.15, 0.2) is 52.5 Å². The molecular weight excluding hydrogens is 244 g/mol. The number of furan rings is 1. The van der Waals surface area contributed by atoms with Gasteiger partial charge < -0.3 is 9.15 Å². The molecule has 2 nitrogen and oxygen atoms in total. The van der Waals surface area contributed by atoms with Crippen LogP contribution in [-0.2, 0) is 5.60 Å². The Bertz CT molecular complexity index is 650. The molecule has 2 aromatic heterocycles. The molecule has 0 aliphatic rings. The second-order valence-electron chi connectivity index (χ2n) is 4.68. The van der Waals surface area contributed by atoms with Crippen molar-refractivity contribution in [3.05, 3.63) is 52.9 Å². The van der Waals surface area contributed by atoms with Gasteiger partial charge in [-0.1, -0.05) is 18.2 Å². The van der Waals surface area contributed by atoms with Gasteiger partial charge in [0.15, 0.2) is 11.3 Å². The predicted octanol–water partition coefficient (Wildman–Crippen LogP) is 4.81. The molecule has 0 spiro atoms. The Kier molecular flexibility index (Phi) is 2.63. The maximum absolute atomic E-state index is 6.13. The molecule has 3 heteroatoms. The molecule has 0 N–H and O–H groups in total. The van der Waals surface area contributed by atoms with Crippen molar-refractivity contribution in [2.75, 3.05) is 0 Å². The van der Waals surface area contributed by atoms with Gasteiger partial charge in [0.1, 0.15) is 5.60 Å². The Morgan fingerprint density at radius 3 is 2.78 bits per heavy atom. The van der Waals surface area contributed by atoms with Gasteiger partial charge in [-0.3, -0.25) is 0 Å². The quantitative estimate of drug-likeness (QED) is 0.672. The van der Waals surface area contributed by atoms with Gasteiger partial charge in [0.2, 0.25) is 0 Å². The lowest BCUT2D eigenvalue weighted by Crippen LogP contribution is -2.23. The number of para-hydroxylation sites is 1. The molecule has 0 amide bonds. The minimum absolute atomic E-state index is 0.352. The number of ether oxygens (including phenoxy) is 1.